The van der Waals surface area contributed by atoms with Gasteiger partial charge in [0.15, 0.2) is 0 Å². The third kappa shape index (κ3) is 4.05. The van der Waals surface area contributed by atoms with Crippen LogP contribution >= 0.6 is 0 Å². The lowest BCUT2D eigenvalue weighted by molar-refractivity contribution is -0.385. The van der Waals surface area contributed by atoms with Crippen LogP contribution in [-0.2, 0) is 6.18 Å². The van der Waals surface area contributed by atoms with Crippen molar-refractivity contribution < 1.29 is 22.5 Å². The first-order valence-electron chi connectivity index (χ1n) is 6.99. The quantitative estimate of drug-likeness (QED) is 0.636. The van der Waals surface area contributed by atoms with Crippen LogP contribution < -0.4 is 5.32 Å². The lowest BCUT2D eigenvalue weighted by Crippen LogP contribution is -2.27. The van der Waals surface area contributed by atoms with Crippen LogP contribution in [0.2, 0.25) is 0 Å². The van der Waals surface area contributed by atoms with E-state index in [1.807, 2.05) is 0 Å². The lowest BCUT2D eigenvalue weighted by atomic mass is 10.1. The van der Waals surface area contributed by atoms with Gasteiger partial charge in [0.25, 0.3) is 5.69 Å². The number of likely N-dealkylation sites (N-methyl/N-ethyl adjacent to an activating group) is 1. The van der Waals surface area contributed by atoms with Gasteiger partial charge in [-0.2, -0.15) is 13.2 Å². The minimum atomic E-state index is -4.70. The van der Waals surface area contributed by atoms with E-state index in [-0.39, 0.29) is 18.3 Å². The maximum atomic E-state index is 13.2. The third-order valence-corrected chi connectivity index (χ3v) is 3.50. The molecule has 1 aromatic heterocycles. The number of non-ortho nitro benzene ring substituents is 1. The van der Waals surface area contributed by atoms with E-state index in [1.54, 1.807) is 31.1 Å². The lowest BCUT2D eigenvalue weighted by Gasteiger charge is -2.24. The Morgan fingerprint density at radius 2 is 2.04 bits per heavy atom. The molecule has 1 unspecified atom stereocenters. The second-order valence-corrected chi connectivity index (χ2v) is 5.36. The van der Waals surface area contributed by atoms with Gasteiger partial charge in [-0.1, -0.05) is 0 Å². The Hall–Kier alpha value is -2.55. The first-order valence-corrected chi connectivity index (χ1v) is 6.99. The van der Waals surface area contributed by atoms with E-state index >= 15 is 0 Å². The maximum Gasteiger partial charge on any atom is 0.418 e. The maximum absolute atomic E-state index is 13.2. The van der Waals surface area contributed by atoms with E-state index in [0.717, 1.165) is 12.1 Å². The van der Waals surface area contributed by atoms with Gasteiger partial charge in [0, 0.05) is 24.4 Å². The molecule has 2 rings (SSSR count). The molecule has 1 atom stereocenters. The number of benzene rings is 1. The molecule has 130 valence electrons. The third-order valence-electron chi connectivity index (χ3n) is 3.50. The van der Waals surface area contributed by atoms with Crippen LogP contribution in [0.15, 0.2) is 41.0 Å². The zero-order valence-electron chi connectivity index (χ0n) is 13.0. The summed E-state index contributed by atoms with van der Waals surface area (Å²) in [7, 11) is 3.55. The number of anilines is 1. The molecule has 0 aliphatic heterocycles. The predicted molar refractivity (Wildman–Crippen MR) is 81.7 cm³/mol. The first kappa shape index (κ1) is 17.8. The fourth-order valence-corrected chi connectivity index (χ4v) is 2.26. The Bertz CT molecular complexity index is 700. The van der Waals surface area contributed by atoms with Crippen molar-refractivity contribution in [1.29, 1.82) is 0 Å². The molecule has 0 saturated carbocycles. The summed E-state index contributed by atoms with van der Waals surface area (Å²) in [5, 5.41) is 13.4. The molecule has 0 fully saturated rings. The summed E-state index contributed by atoms with van der Waals surface area (Å²) in [5.74, 6) is 0.600. The molecule has 0 amide bonds. The average molecular weight is 343 g/mol. The highest BCUT2D eigenvalue weighted by atomic mass is 19.4. The Kier molecular flexibility index (Phi) is 5.13. The van der Waals surface area contributed by atoms with Gasteiger partial charge in [0.2, 0.25) is 0 Å². The van der Waals surface area contributed by atoms with E-state index in [9.17, 15) is 23.3 Å². The first-order chi connectivity index (χ1) is 11.2. The van der Waals surface area contributed by atoms with Crippen LogP contribution in [0.3, 0.4) is 0 Å². The van der Waals surface area contributed by atoms with Gasteiger partial charge in [-0.15, -0.1) is 0 Å². The Labute approximate surface area is 136 Å². The summed E-state index contributed by atoms with van der Waals surface area (Å²) in [6.45, 7) is 0.140. The molecule has 0 radical (unpaired) electrons. The predicted octanol–water partition coefficient (Wildman–Crippen LogP) is 3.92. The minimum Gasteiger partial charge on any atom is -0.468 e. The van der Waals surface area contributed by atoms with Crippen LogP contribution in [0.4, 0.5) is 24.5 Å². The van der Waals surface area contributed by atoms with Crippen molar-refractivity contribution in [3.05, 3.63) is 58.0 Å². The SMILES string of the molecule is CN(C)C(CNc1ccc([N+](=O)[O-])cc1C(F)(F)F)c1ccco1. The molecular weight excluding hydrogens is 327 g/mol. The second kappa shape index (κ2) is 6.91. The average Bonchev–Trinajstić information content (AvgIpc) is 3.00. The number of hydrogen-bond acceptors (Lipinski definition) is 5. The van der Waals surface area contributed by atoms with E-state index in [2.05, 4.69) is 5.32 Å². The number of nitrogens with one attached hydrogen (secondary N) is 1. The van der Waals surface area contributed by atoms with E-state index in [0.29, 0.717) is 11.8 Å². The highest BCUT2D eigenvalue weighted by Crippen LogP contribution is 2.37. The van der Waals surface area contributed by atoms with Gasteiger partial charge in [-0.3, -0.25) is 15.0 Å². The van der Waals surface area contributed by atoms with Gasteiger partial charge in [0.05, 0.1) is 22.8 Å². The normalized spacial score (nSPS) is 13.1. The zero-order chi connectivity index (χ0) is 17.9. The molecule has 24 heavy (non-hydrogen) atoms. The summed E-state index contributed by atoms with van der Waals surface area (Å²) in [6.07, 6.45) is -3.22. The molecular formula is C15H16F3N3O3. The van der Waals surface area contributed by atoms with Crippen molar-refractivity contribution in [2.75, 3.05) is 26.0 Å². The number of rotatable bonds is 6. The molecule has 0 spiro atoms. The Morgan fingerprint density at radius 3 is 2.54 bits per heavy atom. The molecule has 0 aliphatic rings. The van der Waals surface area contributed by atoms with Crippen molar-refractivity contribution in [3.8, 4) is 0 Å². The fraction of sp³-hybridized carbons (Fsp3) is 0.333. The molecule has 6 nitrogen and oxygen atoms in total. The van der Waals surface area contributed by atoms with Crippen molar-refractivity contribution in [3.63, 3.8) is 0 Å². The number of furan rings is 1. The summed E-state index contributed by atoms with van der Waals surface area (Å²) in [5.41, 5.74) is -1.90. The minimum absolute atomic E-state index is 0.140. The Morgan fingerprint density at radius 1 is 1.33 bits per heavy atom. The van der Waals surface area contributed by atoms with Gasteiger partial charge >= 0.3 is 6.18 Å². The summed E-state index contributed by atoms with van der Waals surface area (Å²) in [6, 6.07) is 5.76. The summed E-state index contributed by atoms with van der Waals surface area (Å²) in [4.78, 5) is 11.6. The monoisotopic (exact) mass is 343 g/mol. The number of hydrogen-bond donors (Lipinski definition) is 1. The molecule has 1 N–H and O–H groups in total. The number of nitrogens with zero attached hydrogens (tertiary/aromatic N) is 2. The van der Waals surface area contributed by atoms with Gasteiger partial charge in [-0.05, 0) is 32.3 Å². The number of nitro groups is 1. The van der Waals surface area contributed by atoms with E-state index < -0.39 is 22.4 Å². The summed E-state index contributed by atoms with van der Waals surface area (Å²) >= 11 is 0. The largest absolute Gasteiger partial charge is 0.468 e. The van der Waals surface area contributed by atoms with Crippen LogP contribution in [0.1, 0.15) is 17.4 Å². The van der Waals surface area contributed by atoms with Crippen LogP contribution in [0.25, 0.3) is 0 Å². The van der Waals surface area contributed by atoms with Crippen LogP contribution in [0, 0.1) is 10.1 Å². The number of alkyl halides is 3. The summed E-state index contributed by atoms with van der Waals surface area (Å²) < 4.78 is 44.8. The molecule has 9 heteroatoms. The topological polar surface area (TPSA) is 71.5 Å². The molecule has 1 heterocycles. The van der Waals surface area contributed by atoms with Gasteiger partial charge < -0.3 is 9.73 Å². The molecule has 0 bridgehead atoms. The van der Waals surface area contributed by atoms with Gasteiger partial charge in [0.1, 0.15) is 5.76 Å². The smallest absolute Gasteiger partial charge is 0.418 e. The Balaban J connectivity index is 2.27. The zero-order valence-corrected chi connectivity index (χ0v) is 13.0. The highest BCUT2D eigenvalue weighted by molar-refractivity contribution is 5.57. The highest BCUT2D eigenvalue weighted by Gasteiger charge is 2.35. The molecule has 0 aliphatic carbocycles. The van der Waals surface area contributed by atoms with Crippen molar-refractivity contribution >= 4 is 11.4 Å². The number of halogens is 3. The van der Waals surface area contributed by atoms with Crippen LogP contribution in [0.5, 0.6) is 0 Å². The second-order valence-electron chi connectivity index (χ2n) is 5.36. The number of nitro benzene ring substituents is 1. The fourth-order valence-electron chi connectivity index (χ4n) is 2.26. The van der Waals surface area contributed by atoms with Crippen molar-refractivity contribution in [2.24, 2.45) is 0 Å². The van der Waals surface area contributed by atoms with E-state index in [4.69, 9.17) is 4.42 Å². The van der Waals surface area contributed by atoms with Gasteiger partial charge in [-0.25, -0.2) is 0 Å². The van der Waals surface area contributed by atoms with E-state index in [1.165, 1.54) is 6.26 Å². The molecule has 2 aromatic rings. The standard InChI is InChI=1S/C15H16F3N3O3/c1-20(2)13(14-4-3-7-24-14)9-19-12-6-5-10(21(22)23)8-11(12)15(16,17)18/h3-8,13,19H,9H2,1-2H3. The van der Waals surface area contributed by atoms with Crippen molar-refractivity contribution in [2.45, 2.75) is 12.2 Å². The van der Waals surface area contributed by atoms with Crippen molar-refractivity contribution in [1.82, 2.24) is 4.90 Å². The molecule has 1 aromatic carbocycles. The molecule has 0 saturated heterocycles. The van der Waals surface area contributed by atoms with Crippen LogP contribution in [-0.4, -0.2) is 30.5 Å².